The maximum Gasteiger partial charge on any atom is 0.0476 e. The molecule has 2 heteroatoms. The minimum absolute atomic E-state index is 1.11. The molecule has 10 aromatic rings. The number of anilines is 3. The van der Waals surface area contributed by atoms with Gasteiger partial charge in [-0.05, 0) is 116 Å². The summed E-state index contributed by atoms with van der Waals surface area (Å²) in [6, 6.07) is 77.2. The van der Waals surface area contributed by atoms with Crippen LogP contribution in [0, 0.1) is 0 Å². The highest BCUT2D eigenvalue weighted by Crippen LogP contribution is 2.42. The van der Waals surface area contributed by atoms with Crippen LogP contribution >= 0.6 is 11.3 Å². The topological polar surface area (TPSA) is 3.24 Å². The van der Waals surface area contributed by atoms with Crippen LogP contribution in [-0.2, 0) is 0 Å². The Hall–Kier alpha value is -6.74. The van der Waals surface area contributed by atoms with E-state index in [-0.39, 0.29) is 0 Å². The van der Waals surface area contributed by atoms with Gasteiger partial charge in [0.15, 0.2) is 0 Å². The molecule has 0 atom stereocenters. The van der Waals surface area contributed by atoms with Gasteiger partial charge < -0.3 is 4.90 Å². The smallest absolute Gasteiger partial charge is 0.0476 e. The molecule has 0 radical (unpaired) electrons. The summed E-state index contributed by atoms with van der Waals surface area (Å²) in [7, 11) is 0. The van der Waals surface area contributed by atoms with Crippen molar-refractivity contribution in [2.24, 2.45) is 0 Å². The maximum atomic E-state index is 2.38. The van der Waals surface area contributed by atoms with Crippen molar-refractivity contribution in [1.82, 2.24) is 0 Å². The molecule has 0 amide bonds. The molecule has 10 rings (SSSR count). The van der Waals surface area contributed by atoms with Crippen LogP contribution in [0.2, 0.25) is 0 Å². The summed E-state index contributed by atoms with van der Waals surface area (Å²) < 4.78 is 2.60. The summed E-state index contributed by atoms with van der Waals surface area (Å²) in [5.74, 6) is 0. The van der Waals surface area contributed by atoms with E-state index in [1.165, 1.54) is 75.5 Å². The lowest BCUT2D eigenvalue weighted by atomic mass is 9.95. The zero-order valence-electron chi connectivity index (χ0n) is 29.6. The minimum Gasteiger partial charge on any atom is -0.310 e. The lowest BCUT2D eigenvalue weighted by Crippen LogP contribution is -2.09. The van der Waals surface area contributed by atoms with Crippen LogP contribution in [0.1, 0.15) is 0 Å². The SMILES string of the molecule is c1ccc(-c2cccc(N(c3ccc(-c4cccc(-c5cccc(-c6ccc7ccccc7c6)c5)c4)cc3)c3ccc4c(c3)sc3ccccc34)c2)cc1. The molecule has 254 valence electrons. The average Bonchev–Trinajstić information content (AvgIpc) is 3.62. The van der Waals surface area contributed by atoms with E-state index < -0.39 is 0 Å². The molecule has 0 aliphatic heterocycles. The van der Waals surface area contributed by atoms with Crippen LogP contribution in [0.5, 0.6) is 0 Å². The van der Waals surface area contributed by atoms with Crippen molar-refractivity contribution in [3.05, 3.63) is 212 Å². The highest BCUT2D eigenvalue weighted by Gasteiger charge is 2.16. The molecular weight excluding hydrogens is 671 g/mol. The van der Waals surface area contributed by atoms with Gasteiger partial charge in [-0.25, -0.2) is 0 Å². The van der Waals surface area contributed by atoms with E-state index in [1.54, 1.807) is 0 Å². The quantitative estimate of drug-likeness (QED) is 0.160. The van der Waals surface area contributed by atoms with E-state index in [0.717, 1.165) is 17.1 Å². The van der Waals surface area contributed by atoms with Gasteiger partial charge >= 0.3 is 0 Å². The van der Waals surface area contributed by atoms with Crippen LogP contribution in [0.3, 0.4) is 0 Å². The highest BCUT2D eigenvalue weighted by molar-refractivity contribution is 7.25. The van der Waals surface area contributed by atoms with Crippen LogP contribution in [0.15, 0.2) is 212 Å². The Kier molecular flexibility index (Phi) is 8.09. The molecule has 9 aromatic carbocycles. The fraction of sp³-hybridized carbons (Fsp3) is 0. The van der Waals surface area contributed by atoms with Gasteiger partial charge in [-0.1, -0.05) is 152 Å². The van der Waals surface area contributed by atoms with Crippen LogP contribution < -0.4 is 4.90 Å². The van der Waals surface area contributed by atoms with Crippen molar-refractivity contribution in [3.8, 4) is 44.5 Å². The standard InChI is InChI=1S/C52H35NS/c1-2-11-36(12-3-1)44-19-10-20-47(34-44)53(48-29-30-50-49-21-6-7-22-51(49)54-52(50)35-48)46-27-25-38(26-28-46)40-15-8-16-41(31-40)42-17-9-18-43(33-42)45-24-23-37-13-4-5-14-39(37)32-45/h1-35H. The van der Waals surface area contributed by atoms with Crippen LogP contribution in [0.4, 0.5) is 17.1 Å². The molecule has 0 saturated carbocycles. The third kappa shape index (κ3) is 6.03. The summed E-state index contributed by atoms with van der Waals surface area (Å²) in [6.07, 6.45) is 0. The first kappa shape index (κ1) is 32.0. The maximum absolute atomic E-state index is 2.38. The molecule has 0 fully saturated rings. The first-order valence-corrected chi connectivity index (χ1v) is 19.2. The molecule has 0 saturated heterocycles. The number of rotatable bonds is 7. The second kappa shape index (κ2) is 13.7. The molecule has 0 spiro atoms. The summed E-state index contributed by atoms with van der Waals surface area (Å²) in [4.78, 5) is 2.38. The van der Waals surface area contributed by atoms with Crippen molar-refractivity contribution in [1.29, 1.82) is 0 Å². The predicted molar refractivity (Wildman–Crippen MR) is 233 cm³/mol. The van der Waals surface area contributed by atoms with E-state index in [2.05, 4.69) is 217 Å². The Balaban J connectivity index is 1.01. The number of nitrogens with zero attached hydrogens (tertiary/aromatic N) is 1. The summed E-state index contributed by atoms with van der Waals surface area (Å²) >= 11 is 1.86. The number of thiophene rings is 1. The monoisotopic (exact) mass is 705 g/mol. The molecule has 0 unspecified atom stereocenters. The molecule has 0 N–H and O–H groups in total. The molecule has 0 aliphatic rings. The third-order valence-corrected chi connectivity index (χ3v) is 11.6. The first-order chi connectivity index (χ1) is 26.7. The summed E-state index contributed by atoms with van der Waals surface area (Å²) in [6.45, 7) is 0. The first-order valence-electron chi connectivity index (χ1n) is 18.4. The number of fused-ring (bicyclic) bond motifs is 4. The Morgan fingerprint density at radius 1 is 0.259 bits per heavy atom. The molecule has 0 bridgehead atoms. The summed E-state index contributed by atoms with van der Waals surface area (Å²) in [5, 5.41) is 5.13. The molecule has 0 aliphatic carbocycles. The zero-order chi connectivity index (χ0) is 35.8. The molecule has 54 heavy (non-hydrogen) atoms. The van der Waals surface area contributed by atoms with Gasteiger partial charge in [-0.2, -0.15) is 0 Å². The van der Waals surface area contributed by atoms with E-state index in [4.69, 9.17) is 0 Å². The number of hydrogen-bond acceptors (Lipinski definition) is 2. The van der Waals surface area contributed by atoms with E-state index in [1.807, 2.05) is 11.3 Å². The Morgan fingerprint density at radius 2 is 0.759 bits per heavy atom. The third-order valence-electron chi connectivity index (χ3n) is 10.4. The highest BCUT2D eigenvalue weighted by atomic mass is 32.1. The predicted octanol–water partition coefficient (Wildman–Crippen LogP) is 15.3. The van der Waals surface area contributed by atoms with Gasteiger partial charge in [0.1, 0.15) is 0 Å². The Bertz CT molecular complexity index is 2940. The van der Waals surface area contributed by atoms with E-state index in [9.17, 15) is 0 Å². The summed E-state index contributed by atoms with van der Waals surface area (Å²) in [5.41, 5.74) is 13.0. The lowest BCUT2D eigenvalue weighted by molar-refractivity contribution is 1.29. The Morgan fingerprint density at radius 3 is 1.52 bits per heavy atom. The second-order valence-electron chi connectivity index (χ2n) is 13.8. The number of benzene rings is 9. The van der Waals surface area contributed by atoms with Crippen molar-refractivity contribution >= 4 is 59.3 Å². The molecule has 1 aromatic heterocycles. The normalized spacial score (nSPS) is 11.3. The molecule has 1 nitrogen and oxygen atoms in total. The zero-order valence-corrected chi connectivity index (χ0v) is 30.4. The van der Waals surface area contributed by atoms with Gasteiger partial charge in [0.25, 0.3) is 0 Å². The van der Waals surface area contributed by atoms with Gasteiger partial charge in [-0.3, -0.25) is 0 Å². The van der Waals surface area contributed by atoms with Gasteiger partial charge in [0.05, 0.1) is 0 Å². The van der Waals surface area contributed by atoms with Crippen molar-refractivity contribution in [2.45, 2.75) is 0 Å². The van der Waals surface area contributed by atoms with E-state index in [0.29, 0.717) is 0 Å². The lowest BCUT2D eigenvalue weighted by Gasteiger charge is -2.26. The van der Waals surface area contributed by atoms with Gasteiger partial charge in [0.2, 0.25) is 0 Å². The van der Waals surface area contributed by atoms with E-state index >= 15 is 0 Å². The largest absolute Gasteiger partial charge is 0.310 e. The average molecular weight is 706 g/mol. The van der Waals surface area contributed by atoms with Crippen LogP contribution in [-0.4, -0.2) is 0 Å². The van der Waals surface area contributed by atoms with Gasteiger partial charge in [-0.15, -0.1) is 11.3 Å². The van der Waals surface area contributed by atoms with Crippen molar-refractivity contribution < 1.29 is 0 Å². The number of hydrogen-bond donors (Lipinski definition) is 0. The minimum atomic E-state index is 1.11. The van der Waals surface area contributed by atoms with Crippen LogP contribution in [0.25, 0.3) is 75.5 Å². The van der Waals surface area contributed by atoms with Crippen molar-refractivity contribution in [3.63, 3.8) is 0 Å². The second-order valence-corrected chi connectivity index (χ2v) is 14.9. The fourth-order valence-corrected chi connectivity index (χ4v) is 8.82. The Labute approximate surface area is 319 Å². The van der Waals surface area contributed by atoms with Gasteiger partial charge in [0, 0.05) is 37.2 Å². The molecule has 1 heterocycles. The molecular formula is C52H35NS. The fourth-order valence-electron chi connectivity index (χ4n) is 7.68. The van der Waals surface area contributed by atoms with Crippen molar-refractivity contribution in [2.75, 3.05) is 4.90 Å².